The van der Waals surface area contributed by atoms with Gasteiger partial charge in [0, 0.05) is 12.5 Å². The quantitative estimate of drug-likeness (QED) is 0.261. The summed E-state index contributed by atoms with van der Waals surface area (Å²) in [6, 6.07) is 6.59. The van der Waals surface area contributed by atoms with Gasteiger partial charge in [-0.1, -0.05) is 54.5 Å². The maximum atomic E-state index is 11.5. The van der Waals surface area contributed by atoms with E-state index in [0.717, 1.165) is 37.2 Å². The molecule has 1 aliphatic carbocycles. The van der Waals surface area contributed by atoms with E-state index in [4.69, 9.17) is 13.6 Å². The minimum absolute atomic E-state index is 0.0931. The van der Waals surface area contributed by atoms with E-state index in [2.05, 4.69) is 85.9 Å². The van der Waals surface area contributed by atoms with Gasteiger partial charge in [-0.25, -0.2) is 0 Å². The zero-order valence-electron chi connectivity index (χ0n) is 23.8. The molecule has 1 aromatic carbocycles. The van der Waals surface area contributed by atoms with Crippen molar-refractivity contribution in [3.63, 3.8) is 0 Å². The van der Waals surface area contributed by atoms with Crippen molar-refractivity contribution in [2.24, 2.45) is 5.92 Å². The molecule has 6 heteroatoms. The molecule has 0 aromatic heterocycles. The van der Waals surface area contributed by atoms with Crippen LogP contribution in [0.4, 0.5) is 0 Å². The number of esters is 1. The molecule has 0 radical (unpaired) electrons. The van der Waals surface area contributed by atoms with Crippen LogP contribution in [0.2, 0.25) is 36.3 Å². The first-order valence-electron chi connectivity index (χ1n) is 13.1. The van der Waals surface area contributed by atoms with E-state index in [1.807, 2.05) is 6.92 Å². The Hall–Kier alpha value is -1.28. The highest BCUT2D eigenvalue weighted by Crippen LogP contribution is 2.45. The fourth-order valence-corrected chi connectivity index (χ4v) is 5.89. The van der Waals surface area contributed by atoms with Gasteiger partial charge in [0.25, 0.3) is 0 Å². The van der Waals surface area contributed by atoms with Crippen molar-refractivity contribution in [2.75, 3.05) is 6.61 Å². The van der Waals surface area contributed by atoms with Crippen LogP contribution in [0.5, 0.6) is 11.5 Å². The zero-order valence-corrected chi connectivity index (χ0v) is 25.8. The topological polar surface area (TPSA) is 44.8 Å². The van der Waals surface area contributed by atoms with Crippen LogP contribution in [0.15, 0.2) is 18.2 Å². The van der Waals surface area contributed by atoms with Gasteiger partial charge < -0.3 is 13.6 Å². The van der Waals surface area contributed by atoms with Gasteiger partial charge in [0.15, 0.2) is 0 Å². The van der Waals surface area contributed by atoms with Crippen LogP contribution in [-0.4, -0.2) is 29.2 Å². The summed E-state index contributed by atoms with van der Waals surface area (Å²) in [6.45, 7) is 25.3. The minimum Gasteiger partial charge on any atom is -0.543 e. The van der Waals surface area contributed by atoms with E-state index in [1.54, 1.807) is 0 Å². The highest BCUT2D eigenvalue weighted by Gasteiger charge is 2.41. The molecule has 1 aromatic rings. The monoisotopic (exact) mass is 506 g/mol. The molecule has 2 rings (SSSR count). The standard InChI is InChI=1S/C28H50O4Si2/c1-12-26(29)30-20-21-13-15-22(16-14-21)24-18-17-23(31-33(8,9)27(2,3)4)19-25(24)32-34(10,11)28(5,6)7/h17-19,21-22H,12-16,20H2,1-11H3. The average molecular weight is 507 g/mol. The second kappa shape index (κ2) is 10.8. The lowest BCUT2D eigenvalue weighted by Gasteiger charge is -2.39. The Morgan fingerprint density at radius 2 is 1.41 bits per heavy atom. The van der Waals surface area contributed by atoms with E-state index in [-0.39, 0.29) is 16.0 Å². The highest BCUT2D eigenvalue weighted by atomic mass is 28.4. The molecule has 0 amide bonds. The first-order valence-corrected chi connectivity index (χ1v) is 19.0. The van der Waals surface area contributed by atoms with Gasteiger partial charge in [0.05, 0.1) is 6.61 Å². The Morgan fingerprint density at radius 1 is 0.882 bits per heavy atom. The molecule has 0 atom stereocenters. The zero-order chi connectivity index (χ0) is 25.9. The molecule has 0 aliphatic heterocycles. The van der Waals surface area contributed by atoms with E-state index >= 15 is 0 Å². The number of carbonyl (C=O) groups is 1. The Balaban J connectivity index is 2.28. The molecular formula is C28H50O4Si2. The number of carbonyl (C=O) groups excluding carboxylic acids is 1. The molecule has 194 valence electrons. The van der Waals surface area contributed by atoms with Gasteiger partial charge in [0.2, 0.25) is 16.6 Å². The third-order valence-corrected chi connectivity index (χ3v) is 17.1. The molecule has 0 N–H and O–H groups in total. The second-order valence-corrected chi connectivity index (χ2v) is 22.6. The van der Waals surface area contributed by atoms with Crippen molar-refractivity contribution in [1.82, 2.24) is 0 Å². The van der Waals surface area contributed by atoms with E-state index < -0.39 is 16.6 Å². The van der Waals surface area contributed by atoms with Gasteiger partial charge in [0.1, 0.15) is 11.5 Å². The molecule has 1 fully saturated rings. The smallest absolute Gasteiger partial charge is 0.305 e. The lowest BCUT2D eigenvalue weighted by Crippen LogP contribution is -2.44. The van der Waals surface area contributed by atoms with Crippen molar-refractivity contribution in [3.05, 3.63) is 23.8 Å². The van der Waals surface area contributed by atoms with Crippen molar-refractivity contribution in [2.45, 2.75) is 123 Å². The van der Waals surface area contributed by atoms with Gasteiger partial charge in [-0.15, -0.1) is 0 Å². The van der Waals surface area contributed by atoms with Crippen LogP contribution >= 0.6 is 0 Å². The minimum atomic E-state index is -2.00. The van der Waals surface area contributed by atoms with Crippen LogP contribution in [0.3, 0.4) is 0 Å². The second-order valence-electron chi connectivity index (χ2n) is 13.2. The fraction of sp³-hybridized carbons (Fsp3) is 0.750. The van der Waals surface area contributed by atoms with Crippen molar-refractivity contribution in [3.8, 4) is 11.5 Å². The van der Waals surface area contributed by atoms with E-state index in [0.29, 0.717) is 24.9 Å². The number of hydrogen-bond acceptors (Lipinski definition) is 4. The molecule has 34 heavy (non-hydrogen) atoms. The number of ether oxygens (including phenoxy) is 1. The van der Waals surface area contributed by atoms with Gasteiger partial charge in [-0.3, -0.25) is 4.79 Å². The summed E-state index contributed by atoms with van der Waals surface area (Å²) in [5.74, 6) is 2.80. The third-order valence-electron chi connectivity index (χ3n) is 8.39. The lowest BCUT2D eigenvalue weighted by molar-refractivity contribution is -0.144. The summed E-state index contributed by atoms with van der Waals surface area (Å²) in [5.41, 5.74) is 1.32. The Bertz CT molecular complexity index is 826. The Morgan fingerprint density at radius 3 is 1.91 bits per heavy atom. The maximum Gasteiger partial charge on any atom is 0.305 e. The average Bonchev–Trinajstić information content (AvgIpc) is 2.70. The van der Waals surface area contributed by atoms with Crippen molar-refractivity contribution in [1.29, 1.82) is 0 Å². The number of benzene rings is 1. The molecule has 0 spiro atoms. The van der Waals surface area contributed by atoms with Crippen molar-refractivity contribution < 1.29 is 18.4 Å². The lowest BCUT2D eigenvalue weighted by atomic mass is 9.78. The SMILES string of the molecule is CCC(=O)OCC1CCC(c2ccc(O[Si](C)(C)C(C)(C)C)cc2O[Si](C)(C)C(C)(C)C)CC1. The van der Waals surface area contributed by atoms with Gasteiger partial charge in [-0.2, -0.15) is 0 Å². The predicted octanol–water partition coefficient (Wildman–Crippen LogP) is 8.68. The number of hydrogen-bond donors (Lipinski definition) is 0. The molecule has 0 bridgehead atoms. The van der Waals surface area contributed by atoms with E-state index in [9.17, 15) is 4.79 Å². The maximum absolute atomic E-state index is 11.5. The van der Waals surface area contributed by atoms with E-state index in [1.165, 1.54) is 5.56 Å². The van der Waals surface area contributed by atoms with Crippen LogP contribution in [0.1, 0.15) is 92.1 Å². The molecule has 1 aliphatic rings. The van der Waals surface area contributed by atoms with Crippen LogP contribution in [0, 0.1) is 5.92 Å². The summed E-state index contributed by atoms with van der Waals surface area (Å²) in [5, 5.41) is 0.271. The molecule has 0 heterocycles. The van der Waals surface area contributed by atoms with Crippen LogP contribution < -0.4 is 8.85 Å². The Labute approximate surface area is 211 Å². The van der Waals surface area contributed by atoms with Gasteiger partial charge in [-0.05, 0) is 85.4 Å². The van der Waals surface area contributed by atoms with Crippen LogP contribution in [0.25, 0.3) is 0 Å². The molecule has 1 saturated carbocycles. The Kier molecular flexibility index (Phi) is 9.17. The fourth-order valence-electron chi connectivity index (χ4n) is 3.83. The predicted molar refractivity (Wildman–Crippen MR) is 148 cm³/mol. The first kappa shape index (κ1) is 29.0. The molecule has 0 saturated heterocycles. The summed E-state index contributed by atoms with van der Waals surface area (Å²) >= 11 is 0. The summed E-state index contributed by atoms with van der Waals surface area (Å²) in [4.78, 5) is 11.5. The summed E-state index contributed by atoms with van der Waals surface area (Å²) < 4.78 is 19.0. The molecule has 0 unspecified atom stereocenters. The largest absolute Gasteiger partial charge is 0.543 e. The highest BCUT2D eigenvalue weighted by molar-refractivity contribution is 6.75. The summed E-state index contributed by atoms with van der Waals surface area (Å²) in [7, 11) is -3.94. The molecular weight excluding hydrogens is 456 g/mol. The van der Waals surface area contributed by atoms with Gasteiger partial charge >= 0.3 is 5.97 Å². The third kappa shape index (κ3) is 7.36. The summed E-state index contributed by atoms with van der Waals surface area (Å²) in [6.07, 6.45) is 4.83. The molecule has 4 nitrogen and oxygen atoms in total. The number of rotatable bonds is 8. The van der Waals surface area contributed by atoms with Crippen LogP contribution in [-0.2, 0) is 9.53 Å². The first-order chi connectivity index (χ1) is 15.5. The normalized spacial score (nSPS) is 20.1. The van der Waals surface area contributed by atoms with Crippen molar-refractivity contribution >= 4 is 22.6 Å².